The average molecular weight is 260 g/mol. The number of nitrogens with zero attached hydrogens (tertiary/aromatic N) is 1. The Balaban J connectivity index is 2.11. The van der Waals surface area contributed by atoms with Crippen molar-refractivity contribution in [2.45, 2.75) is 0 Å². The van der Waals surface area contributed by atoms with Crippen molar-refractivity contribution in [1.29, 1.82) is 0 Å². The molecule has 18 heavy (non-hydrogen) atoms. The standard InChI is InChI=1S/C15H14ClNO/c1-17(12-7-3-2-4-8-12)11-15(18)13-9-5-6-10-14(13)16/h2-10H,11H2,1H3. The molecule has 0 heterocycles. The number of hydrogen-bond acceptors (Lipinski definition) is 2. The Labute approximate surface area is 112 Å². The first kappa shape index (κ1) is 12.7. The van der Waals surface area contributed by atoms with Gasteiger partial charge in [-0.2, -0.15) is 0 Å². The van der Waals surface area contributed by atoms with Gasteiger partial charge in [0.2, 0.25) is 0 Å². The second-order valence-corrected chi connectivity index (χ2v) is 4.50. The molecule has 0 aliphatic heterocycles. The number of halogens is 1. The van der Waals surface area contributed by atoms with E-state index in [1.165, 1.54) is 0 Å². The molecule has 0 N–H and O–H groups in total. The number of carbonyl (C=O) groups is 1. The highest BCUT2D eigenvalue weighted by Gasteiger charge is 2.12. The van der Waals surface area contributed by atoms with Gasteiger partial charge in [-0.05, 0) is 24.3 Å². The van der Waals surface area contributed by atoms with E-state index in [1.807, 2.05) is 54.4 Å². The summed E-state index contributed by atoms with van der Waals surface area (Å²) >= 11 is 6.01. The maximum absolute atomic E-state index is 12.1. The molecule has 0 aliphatic carbocycles. The van der Waals surface area contributed by atoms with Gasteiger partial charge in [0.05, 0.1) is 11.6 Å². The van der Waals surface area contributed by atoms with Crippen LogP contribution in [0.1, 0.15) is 10.4 Å². The average Bonchev–Trinajstić information content (AvgIpc) is 2.40. The molecule has 0 amide bonds. The van der Waals surface area contributed by atoms with Gasteiger partial charge in [0.1, 0.15) is 0 Å². The molecule has 0 saturated heterocycles. The zero-order valence-electron chi connectivity index (χ0n) is 10.1. The van der Waals surface area contributed by atoms with Crippen LogP contribution in [-0.2, 0) is 0 Å². The molecular formula is C15H14ClNO. The van der Waals surface area contributed by atoms with Crippen LogP contribution >= 0.6 is 11.6 Å². The summed E-state index contributed by atoms with van der Waals surface area (Å²) in [4.78, 5) is 14.0. The Kier molecular flexibility index (Phi) is 4.00. The van der Waals surface area contributed by atoms with Crippen LogP contribution in [0.15, 0.2) is 54.6 Å². The molecule has 0 bridgehead atoms. The lowest BCUT2D eigenvalue weighted by Crippen LogP contribution is -2.25. The zero-order chi connectivity index (χ0) is 13.0. The third-order valence-corrected chi connectivity index (χ3v) is 3.08. The van der Waals surface area contributed by atoms with Crippen LogP contribution < -0.4 is 4.90 Å². The van der Waals surface area contributed by atoms with Crippen molar-refractivity contribution in [3.05, 3.63) is 65.2 Å². The summed E-state index contributed by atoms with van der Waals surface area (Å²) in [7, 11) is 1.89. The predicted octanol–water partition coefficient (Wildman–Crippen LogP) is 3.66. The minimum atomic E-state index is 0.0203. The fourth-order valence-electron chi connectivity index (χ4n) is 1.76. The van der Waals surface area contributed by atoms with Crippen LogP contribution in [0.3, 0.4) is 0 Å². The van der Waals surface area contributed by atoms with E-state index >= 15 is 0 Å². The molecule has 0 aliphatic rings. The second kappa shape index (κ2) is 5.69. The topological polar surface area (TPSA) is 20.3 Å². The molecule has 2 nitrogen and oxygen atoms in total. The van der Waals surface area contributed by atoms with Gasteiger partial charge in [-0.15, -0.1) is 0 Å². The molecule has 92 valence electrons. The van der Waals surface area contributed by atoms with Crippen LogP contribution in [0.5, 0.6) is 0 Å². The normalized spacial score (nSPS) is 10.1. The first-order valence-electron chi connectivity index (χ1n) is 5.72. The SMILES string of the molecule is CN(CC(=O)c1ccccc1Cl)c1ccccc1. The highest BCUT2D eigenvalue weighted by Crippen LogP contribution is 2.17. The van der Waals surface area contributed by atoms with E-state index in [4.69, 9.17) is 11.6 Å². The predicted molar refractivity (Wildman–Crippen MR) is 75.5 cm³/mol. The van der Waals surface area contributed by atoms with Crippen molar-refractivity contribution in [3.8, 4) is 0 Å². The number of Topliss-reactive ketones (excluding diaryl/α,β-unsaturated/α-hetero) is 1. The van der Waals surface area contributed by atoms with Gasteiger partial charge in [0.25, 0.3) is 0 Å². The lowest BCUT2D eigenvalue weighted by Gasteiger charge is -2.18. The van der Waals surface area contributed by atoms with Crippen LogP contribution in [0, 0.1) is 0 Å². The number of likely N-dealkylation sites (N-methyl/N-ethyl adjacent to an activating group) is 1. The zero-order valence-corrected chi connectivity index (χ0v) is 10.9. The van der Waals surface area contributed by atoms with E-state index in [0.29, 0.717) is 17.1 Å². The van der Waals surface area contributed by atoms with E-state index < -0.39 is 0 Å². The van der Waals surface area contributed by atoms with Crippen LogP contribution in [-0.4, -0.2) is 19.4 Å². The van der Waals surface area contributed by atoms with Gasteiger partial charge in [-0.1, -0.05) is 41.9 Å². The van der Waals surface area contributed by atoms with Crippen molar-refractivity contribution < 1.29 is 4.79 Å². The Hall–Kier alpha value is -1.80. The smallest absolute Gasteiger partial charge is 0.183 e. The molecule has 0 spiro atoms. The summed E-state index contributed by atoms with van der Waals surface area (Å²) in [6.07, 6.45) is 0. The summed E-state index contributed by atoms with van der Waals surface area (Å²) in [5, 5.41) is 0.504. The lowest BCUT2D eigenvalue weighted by molar-refractivity contribution is 0.100. The molecule has 0 fully saturated rings. The fraction of sp³-hybridized carbons (Fsp3) is 0.133. The molecular weight excluding hydrogens is 246 g/mol. The first-order chi connectivity index (χ1) is 8.68. The fourth-order valence-corrected chi connectivity index (χ4v) is 2.00. The molecule has 3 heteroatoms. The highest BCUT2D eigenvalue weighted by molar-refractivity contribution is 6.34. The summed E-state index contributed by atoms with van der Waals surface area (Å²) in [5.41, 5.74) is 1.58. The van der Waals surface area contributed by atoms with E-state index in [-0.39, 0.29) is 5.78 Å². The highest BCUT2D eigenvalue weighted by atomic mass is 35.5. The van der Waals surface area contributed by atoms with Crippen molar-refractivity contribution in [2.75, 3.05) is 18.5 Å². The van der Waals surface area contributed by atoms with E-state index in [1.54, 1.807) is 12.1 Å². The minimum absolute atomic E-state index is 0.0203. The van der Waals surface area contributed by atoms with Gasteiger partial charge in [0, 0.05) is 18.3 Å². The van der Waals surface area contributed by atoms with Gasteiger partial charge in [-0.3, -0.25) is 4.79 Å². The van der Waals surface area contributed by atoms with Gasteiger partial charge in [0.15, 0.2) is 5.78 Å². The van der Waals surface area contributed by atoms with E-state index in [0.717, 1.165) is 5.69 Å². The second-order valence-electron chi connectivity index (χ2n) is 4.09. The van der Waals surface area contributed by atoms with E-state index in [9.17, 15) is 4.79 Å². The molecule has 0 radical (unpaired) electrons. The molecule has 0 saturated carbocycles. The number of benzene rings is 2. The van der Waals surface area contributed by atoms with Crippen molar-refractivity contribution in [3.63, 3.8) is 0 Å². The maximum Gasteiger partial charge on any atom is 0.183 e. The molecule has 0 aromatic heterocycles. The molecule has 0 unspecified atom stereocenters. The van der Waals surface area contributed by atoms with Gasteiger partial charge in [-0.25, -0.2) is 0 Å². The summed E-state index contributed by atoms with van der Waals surface area (Å²) < 4.78 is 0. The number of carbonyl (C=O) groups excluding carboxylic acids is 1. The third-order valence-electron chi connectivity index (χ3n) is 2.75. The summed E-state index contributed by atoms with van der Waals surface area (Å²) in [6.45, 7) is 0.313. The molecule has 2 aromatic rings. The lowest BCUT2D eigenvalue weighted by atomic mass is 10.1. The van der Waals surface area contributed by atoms with Gasteiger partial charge < -0.3 is 4.90 Å². The summed E-state index contributed by atoms with van der Waals surface area (Å²) in [5.74, 6) is 0.0203. The molecule has 2 rings (SSSR count). The largest absolute Gasteiger partial charge is 0.367 e. The summed E-state index contributed by atoms with van der Waals surface area (Å²) in [6, 6.07) is 16.9. The number of rotatable bonds is 4. The van der Waals surface area contributed by atoms with Crippen LogP contribution in [0.4, 0.5) is 5.69 Å². The van der Waals surface area contributed by atoms with E-state index in [2.05, 4.69) is 0 Å². The van der Waals surface area contributed by atoms with Gasteiger partial charge >= 0.3 is 0 Å². The number of ketones is 1. The number of anilines is 1. The number of para-hydroxylation sites is 1. The quantitative estimate of drug-likeness (QED) is 0.781. The van der Waals surface area contributed by atoms with Crippen LogP contribution in [0.25, 0.3) is 0 Å². The Morgan fingerprint density at radius 3 is 2.33 bits per heavy atom. The third kappa shape index (κ3) is 2.90. The van der Waals surface area contributed by atoms with Crippen LogP contribution in [0.2, 0.25) is 5.02 Å². The molecule has 0 atom stereocenters. The minimum Gasteiger partial charge on any atom is -0.367 e. The Morgan fingerprint density at radius 2 is 1.67 bits per heavy atom. The Morgan fingerprint density at radius 1 is 1.06 bits per heavy atom. The van der Waals surface area contributed by atoms with Crippen molar-refractivity contribution in [2.24, 2.45) is 0 Å². The Bertz CT molecular complexity index is 539. The monoisotopic (exact) mass is 259 g/mol. The van der Waals surface area contributed by atoms with Crippen molar-refractivity contribution in [1.82, 2.24) is 0 Å². The first-order valence-corrected chi connectivity index (χ1v) is 6.10. The number of hydrogen-bond donors (Lipinski definition) is 0. The maximum atomic E-state index is 12.1. The van der Waals surface area contributed by atoms with Crippen molar-refractivity contribution >= 4 is 23.1 Å². The molecule has 2 aromatic carbocycles.